The summed E-state index contributed by atoms with van der Waals surface area (Å²) in [4.78, 5) is 22.5. The second kappa shape index (κ2) is 6.83. The van der Waals surface area contributed by atoms with Gasteiger partial charge in [-0.25, -0.2) is 9.67 Å². The Balaban J connectivity index is 2.15. The topological polar surface area (TPSA) is 75.9 Å². The Kier molecular flexibility index (Phi) is 4.86. The zero-order valence-electron chi connectivity index (χ0n) is 12.6. The molecule has 7 heteroatoms. The highest BCUT2D eigenvalue weighted by atomic mass is 16.1. The Morgan fingerprint density at radius 3 is 2.67 bits per heavy atom. The Bertz CT molecular complexity index is 637. The van der Waals surface area contributed by atoms with Crippen LogP contribution in [0.3, 0.4) is 0 Å². The van der Waals surface area contributed by atoms with Crippen LogP contribution in [-0.2, 0) is 6.54 Å². The molecule has 1 N–H and O–H groups in total. The molecule has 0 amide bonds. The second-order valence-corrected chi connectivity index (χ2v) is 4.77. The van der Waals surface area contributed by atoms with Crippen molar-refractivity contribution in [2.75, 3.05) is 30.9 Å². The predicted octanol–water partition coefficient (Wildman–Crippen LogP) is 0.969. The average Bonchev–Trinajstić information content (AvgIpc) is 2.50. The molecule has 0 bridgehead atoms. The van der Waals surface area contributed by atoms with Gasteiger partial charge in [0, 0.05) is 26.7 Å². The average molecular weight is 288 g/mol. The van der Waals surface area contributed by atoms with Crippen molar-refractivity contribution in [2.24, 2.45) is 0 Å². The number of hydrogen-bond donors (Lipinski definition) is 1. The summed E-state index contributed by atoms with van der Waals surface area (Å²) in [6, 6.07) is 1.60. The van der Waals surface area contributed by atoms with Crippen molar-refractivity contribution in [3.8, 4) is 0 Å². The summed E-state index contributed by atoms with van der Waals surface area (Å²) in [5.74, 6) is 0.690. The van der Waals surface area contributed by atoms with Crippen molar-refractivity contribution in [3.63, 3.8) is 0 Å². The SMILES string of the molecule is CCCN(C)c1cnn(Cc2cnc(NC)cn2)c(=O)c1. The standard InChI is InChI=1S/C14H20N6O/c1-4-5-19(3)12-6-14(21)20(18-8-12)10-11-7-17-13(15-2)9-16-11/h6-9H,4-5,10H2,1-3H3,(H,15,17). The normalized spacial score (nSPS) is 10.4. The van der Waals surface area contributed by atoms with E-state index >= 15 is 0 Å². The number of nitrogens with zero attached hydrogens (tertiary/aromatic N) is 5. The third kappa shape index (κ3) is 3.77. The predicted molar refractivity (Wildman–Crippen MR) is 82.7 cm³/mol. The Hall–Kier alpha value is -2.44. The van der Waals surface area contributed by atoms with Crippen molar-refractivity contribution < 1.29 is 0 Å². The summed E-state index contributed by atoms with van der Waals surface area (Å²) >= 11 is 0. The molecule has 0 aliphatic heterocycles. The maximum atomic E-state index is 12.1. The Morgan fingerprint density at radius 1 is 1.29 bits per heavy atom. The van der Waals surface area contributed by atoms with Crippen LogP contribution in [-0.4, -0.2) is 40.4 Å². The van der Waals surface area contributed by atoms with E-state index in [1.54, 1.807) is 31.7 Å². The third-order valence-corrected chi connectivity index (χ3v) is 3.13. The van der Waals surface area contributed by atoms with Gasteiger partial charge in [0.2, 0.25) is 0 Å². The van der Waals surface area contributed by atoms with E-state index < -0.39 is 0 Å². The highest BCUT2D eigenvalue weighted by Crippen LogP contribution is 2.07. The van der Waals surface area contributed by atoms with Crippen molar-refractivity contribution in [1.82, 2.24) is 19.7 Å². The van der Waals surface area contributed by atoms with Gasteiger partial charge in [-0.3, -0.25) is 9.78 Å². The van der Waals surface area contributed by atoms with E-state index in [1.807, 2.05) is 11.9 Å². The van der Waals surface area contributed by atoms with Crippen LogP contribution in [0.4, 0.5) is 11.5 Å². The molecule has 0 unspecified atom stereocenters. The first-order valence-corrected chi connectivity index (χ1v) is 6.91. The van der Waals surface area contributed by atoms with Gasteiger partial charge in [0.1, 0.15) is 5.82 Å². The summed E-state index contributed by atoms with van der Waals surface area (Å²) in [5, 5.41) is 7.10. The molecule has 2 heterocycles. The molecule has 0 atom stereocenters. The van der Waals surface area contributed by atoms with Gasteiger partial charge in [0.15, 0.2) is 0 Å². The summed E-state index contributed by atoms with van der Waals surface area (Å²) in [6.45, 7) is 3.30. The first-order chi connectivity index (χ1) is 10.1. The molecule has 2 aromatic rings. The molecule has 0 fully saturated rings. The smallest absolute Gasteiger partial charge is 0.269 e. The number of aromatic nitrogens is 4. The van der Waals surface area contributed by atoms with Gasteiger partial charge < -0.3 is 10.2 Å². The maximum absolute atomic E-state index is 12.1. The molecular weight excluding hydrogens is 268 g/mol. The molecule has 21 heavy (non-hydrogen) atoms. The first-order valence-electron chi connectivity index (χ1n) is 6.91. The molecule has 0 saturated carbocycles. The van der Waals surface area contributed by atoms with Crippen molar-refractivity contribution in [2.45, 2.75) is 19.9 Å². The highest BCUT2D eigenvalue weighted by molar-refractivity contribution is 5.41. The molecule has 0 spiro atoms. The fraction of sp³-hybridized carbons (Fsp3) is 0.429. The van der Waals surface area contributed by atoms with Crippen LogP contribution in [0.15, 0.2) is 29.5 Å². The van der Waals surface area contributed by atoms with Crippen molar-refractivity contribution in [1.29, 1.82) is 0 Å². The van der Waals surface area contributed by atoms with E-state index in [0.29, 0.717) is 18.1 Å². The van der Waals surface area contributed by atoms with Gasteiger partial charge in [-0.1, -0.05) is 6.92 Å². The van der Waals surface area contributed by atoms with Crippen LogP contribution in [0, 0.1) is 0 Å². The quantitative estimate of drug-likeness (QED) is 0.853. The summed E-state index contributed by atoms with van der Waals surface area (Å²) in [5.41, 5.74) is 1.38. The van der Waals surface area contributed by atoms with E-state index in [2.05, 4.69) is 27.3 Å². The number of rotatable bonds is 6. The van der Waals surface area contributed by atoms with E-state index in [1.165, 1.54) is 4.68 Å². The number of anilines is 2. The minimum absolute atomic E-state index is 0.144. The lowest BCUT2D eigenvalue weighted by atomic mass is 10.3. The van der Waals surface area contributed by atoms with Crippen LogP contribution in [0.25, 0.3) is 0 Å². The fourth-order valence-electron chi connectivity index (χ4n) is 1.94. The van der Waals surface area contributed by atoms with E-state index in [0.717, 1.165) is 18.7 Å². The first kappa shape index (κ1) is 15.0. The molecule has 2 rings (SSSR count). The largest absolute Gasteiger partial charge is 0.373 e. The lowest BCUT2D eigenvalue weighted by Gasteiger charge is -2.17. The number of nitrogens with one attached hydrogen (secondary N) is 1. The van der Waals surface area contributed by atoms with Gasteiger partial charge in [-0.05, 0) is 6.42 Å². The molecule has 2 aromatic heterocycles. The highest BCUT2D eigenvalue weighted by Gasteiger charge is 2.05. The van der Waals surface area contributed by atoms with Crippen LogP contribution in [0.1, 0.15) is 19.0 Å². The lowest BCUT2D eigenvalue weighted by molar-refractivity contribution is 0.624. The maximum Gasteiger partial charge on any atom is 0.269 e. The Labute approximate surface area is 123 Å². The summed E-state index contributed by atoms with van der Waals surface area (Å²) < 4.78 is 1.38. The second-order valence-electron chi connectivity index (χ2n) is 4.77. The molecule has 0 radical (unpaired) electrons. The third-order valence-electron chi connectivity index (χ3n) is 3.13. The monoisotopic (exact) mass is 288 g/mol. The number of hydrogen-bond acceptors (Lipinski definition) is 6. The van der Waals surface area contributed by atoms with Gasteiger partial charge in [-0.2, -0.15) is 5.10 Å². The summed E-state index contributed by atoms with van der Waals surface area (Å²) in [6.07, 6.45) is 5.99. The van der Waals surface area contributed by atoms with E-state index in [9.17, 15) is 4.79 Å². The minimum atomic E-state index is -0.144. The molecule has 0 aliphatic rings. The van der Waals surface area contributed by atoms with Crippen LogP contribution in [0.5, 0.6) is 0 Å². The zero-order chi connectivity index (χ0) is 15.2. The van der Waals surface area contributed by atoms with E-state index in [4.69, 9.17) is 0 Å². The molecule has 0 aromatic carbocycles. The minimum Gasteiger partial charge on any atom is -0.373 e. The van der Waals surface area contributed by atoms with Crippen molar-refractivity contribution in [3.05, 3.63) is 40.7 Å². The van der Waals surface area contributed by atoms with Gasteiger partial charge in [-0.15, -0.1) is 0 Å². The van der Waals surface area contributed by atoms with Crippen LogP contribution >= 0.6 is 0 Å². The van der Waals surface area contributed by atoms with Crippen LogP contribution < -0.4 is 15.8 Å². The summed E-state index contributed by atoms with van der Waals surface area (Å²) in [7, 11) is 3.73. The molecule has 0 saturated heterocycles. The lowest BCUT2D eigenvalue weighted by Crippen LogP contribution is -2.26. The van der Waals surface area contributed by atoms with Gasteiger partial charge >= 0.3 is 0 Å². The zero-order valence-corrected chi connectivity index (χ0v) is 12.6. The molecular formula is C14H20N6O. The van der Waals surface area contributed by atoms with Gasteiger partial charge in [0.05, 0.1) is 36.5 Å². The van der Waals surface area contributed by atoms with E-state index in [-0.39, 0.29) is 5.56 Å². The molecule has 0 aliphatic carbocycles. The fourth-order valence-corrected chi connectivity index (χ4v) is 1.94. The van der Waals surface area contributed by atoms with Crippen LogP contribution in [0.2, 0.25) is 0 Å². The van der Waals surface area contributed by atoms with Crippen molar-refractivity contribution >= 4 is 11.5 Å². The van der Waals surface area contributed by atoms with Gasteiger partial charge in [0.25, 0.3) is 5.56 Å². The Morgan fingerprint density at radius 2 is 2.10 bits per heavy atom. The molecule has 112 valence electrons. The molecule has 7 nitrogen and oxygen atoms in total.